The van der Waals surface area contributed by atoms with E-state index in [0.29, 0.717) is 0 Å². The summed E-state index contributed by atoms with van der Waals surface area (Å²) >= 11 is 0. The number of aliphatic hydroxyl groups excluding tert-OH is 1. The highest BCUT2D eigenvalue weighted by Crippen LogP contribution is 2.39. The van der Waals surface area contributed by atoms with Crippen LogP contribution in [0, 0.1) is 5.92 Å². The van der Waals surface area contributed by atoms with Crippen LogP contribution >= 0.6 is 0 Å². The van der Waals surface area contributed by atoms with Crippen molar-refractivity contribution in [2.24, 2.45) is 5.92 Å². The molecule has 2 N–H and O–H groups in total. The van der Waals surface area contributed by atoms with Crippen molar-refractivity contribution in [3.05, 3.63) is 71.8 Å². The average molecular weight is 843 g/mol. The van der Waals surface area contributed by atoms with Gasteiger partial charge in [-0.1, -0.05) is 36.4 Å². The van der Waals surface area contributed by atoms with Crippen LogP contribution in [0.3, 0.4) is 0 Å². The Balaban J connectivity index is 1.77. The molecule has 2 heterocycles. The van der Waals surface area contributed by atoms with Gasteiger partial charge >= 0.3 is 35.8 Å². The molecule has 19 nitrogen and oxygen atoms in total. The monoisotopic (exact) mass is 842 g/mol. The van der Waals surface area contributed by atoms with Crippen molar-refractivity contribution in [3.63, 3.8) is 0 Å². The Bertz CT molecular complexity index is 1910. The number of carboxylic acids is 1. The van der Waals surface area contributed by atoms with E-state index in [1.54, 1.807) is 6.08 Å². The maximum atomic E-state index is 12.9. The summed E-state index contributed by atoms with van der Waals surface area (Å²) in [5, 5.41) is 21.4. The van der Waals surface area contributed by atoms with Crippen LogP contribution in [0.4, 0.5) is 0 Å². The van der Waals surface area contributed by atoms with E-state index in [1.807, 2.05) is 30.3 Å². The predicted octanol–water partition coefficient (Wildman–Crippen LogP) is 2.13. The van der Waals surface area contributed by atoms with Gasteiger partial charge in [0.25, 0.3) is 0 Å². The van der Waals surface area contributed by atoms with Crippen molar-refractivity contribution in [2.75, 3.05) is 6.61 Å². The van der Waals surface area contributed by atoms with E-state index in [-0.39, 0.29) is 17.1 Å². The van der Waals surface area contributed by atoms with E-state index < -0.39 is 122 Å². The van der Waals surface area contributed by atoms with Crippen LogP contribution < -0.4 is 4.74 Å². The highest BCUT2D eigenvalue weighted by molar-refractivity contribution is 6.06. The molecule has 4 rings (SSSR count). The fourth-order valence-electron chi connectivity index (χ4n) is 6.59. The van der Waals surface area contributed by atoms with Crippen LogP contribution in [-0.4, -0.2) is 126 Å². The van der Waals surface area contributed by atoms with Crippen molar-refractivity contribution >= 4 is 53.5 Å². The summed E-state index contributed by atoms with van der Waals surface area (Å²) in [6, 6.07) is 14.8. The molecule has 0 aliphatic carbocycles. The minimum absolute atomic E-state index is 0.0323. The Morgan fingerprint density at radius 2 is 1.23 bits per heavy atom. The van der Waals surface area contributed by atoms with Crippen molar-refractivity contribution < 1.29 is 91.2 Å². The second kappa shape index (κ2) is 21.3. The zero-order chi connectivity index (χ0) is 44.3. The van der Waals surface area contributed by atoms with Crippen LogP contribution in [0.2, 0.25) is 0 Å². The first-order valence-electron chi connectivity index (χ1n) is 18.6. The molecule has 11 atom stereocenters. The molecule has 0 bridgehead atoms. The van der Waals surface area contributed by atoms with Gasteiger partial charge in [-0.3, -0.25) is 38.4 Å². The van der Waals surface area contributed by atoms with Crippen LogP contribution in [-0.2, 0) is 71.5 Å². The van der Waals surface area contributed by atoms with Crippen LogP contribution in [0.25, 0.3) is 6.08 Å². The predicted molar refractivity (Wildman–Crippen MR) is 200 cm³/mol. The fraction of sp³-hybridized carbons (Fsp3) is 0.463. The molecule has 2 aliphatic heterocycles. The number of carbonyl (C=O) groups excluding carboxylic acids is 7. The van der Waals surface area contributed by atoms with Crippen molar-refractivity contribution in [3.8, 4) is 5.75 Å². The molecule has 0 saturated carbocycles. The minimum atomic E-state index is -2.07. The molecule has 324 valence electrons. The largest absolute Gasteiger partial charge is 0.481 e. The highest BCUT2D eigenvalue weighted by Gasteiger charge is 2.58. The Kier molecular flexibility index (Phi) is 16.6. The van der Waals surface area contributed by atoms with Crippen LogP contribution in [0.1, 0.15) is 63.9 Å². The molecule has 2 aromatic carbocycles. The number of hydrogen-bond donors (Lipinski definition) is 2. The maximum Gasteiger partial charge on any atom is 0.303 e. The third-order valence-corrected chi connectivity index (χ3v) is 9.02. The zero-order valence-corrected chi connectivity index (χ0v) is 33.5. The molecule has 2 aromatic rings. The van der Waals surface area contributed by atoms with Crippen LogP contribution in [0.15, 0.2) is 60.7 Å². The number of hydrogen-bond acceptors (Lipinski definition) is 18. The van der Waals surface area contributed by atoms with E-state index in [1.165, 1.54) is 30.3 Å². The van der Waals surface area contributed by atoms with Crippen molar-refractivity contribution in [1.29, 1.82) is 0 Å². The lowest BCUT2D eigenvalue weighted by molar-refractivity contribution is -0.351. The topological polar surface area (TPSA) is 260 Å². The molecule has 1 unspecified atom stereocenters. The van der Waals surface area contributed by atoms with E-state index in [9.17, 15) is 48.6 Å². The number of carbonyl (C=O) groups is 8. The number of allylic oxidation sites excluding steroid dienone is 1. The van der Waals surface area contributed by atoms with Gasteiger partial charge in [0.15, 0.2) is 42.3 Å². The lowest BCUT2D eigenvalue weighted by Crippen LogP contribution is -2.67. The zero-order valence-electron chi connectivity index (χ0n) is 33.5. The van der Waals surface area contributed by atoms with Crippen molar-refractivity contribution in [1.82, 2.24) is 0 Å². The molecular formula is C41H46O19. The van der Waals surface area contributed by atoms with Gasteiger partial charge in [0, 0.05) is 46.1 Å². The number of rotatable bonds is 17. The van der Waals surface area contributed by atoms with E-state index in [2.05, 4.69) is 0 Å². The smallest absolute Gasteiger partial charge is 0.303 e. The quantitative estimate of drug-likeness (QED) is 0.100. The molecule has 0 aromatic heterocycles. The lowest BCUT2D eigenvalue weighted by atomic mass is 9.83. The van der Waals surface area contributed by atoms with Crippen LogP contribution in [0.5, 0.6) is 5.75 Å². The molecule has 0 spiro atoms. The summed E-state index contributed by atoms with van der Waals surface area (Å²) < 4.78 is 51.5. The second-order valence-electron chi connectivity index (χ2n) is 13.8. The standard InChI is InChI=1S/C41H46O19/c1-20(42)33(51)37-34(59-41-39(56-25(6)47)38(55-24(5)46)36(54-23(4)45)31(58-41)19-52-21(2)43)29(18-32(49)50)35(53-22(3)44)40(60-37)57-28-15-13-27(14-16-28)30(48)17-12-26-10-8-7-9-11-26/h7-17,29,31,33-41,51H,18-19H2,1-6H3,(H,49,50)/b17-12+/t29-,31+,33?,34-,35-,36+,37+,38-,39+,40+,41-/m1/s1. The molecule has 60 heavy (non-hydrogen) atoms. The van der Waals surface area contributed by atoms with Gasteiger partial charge in [-0.15, -0.1) is 0 Å². The summed E-state index contributed by atoms with van der Waals surface area (Å²) in [6.07, 6.45) is -15.5. The summed E-state index contributed by atoms with van der Waals surface area (Å²) in [4.78, 5) is 99.7. The highest BCUT2D eigenvalue weighted by atomic mass is 16.8. The summed E-state index contributed by atoms with van der Waals surface area (Å²) in [5.74, 6) is -8.80. The summed E-state index contributed by atoms with van der Waals surface area (Å²) in [6.45, 7) is 5.45. The fourth-order valence-corrected chi connectivity index (χ4v) is 6.59. The number of benzene rings is 2. The molecule has 2 fully saturated rings. The average Bonchev–Trinajstić information content (AvgIpc) is 3.16. The number of aliphatic carboxylic acids is 1. The Morgan fingerprint density at radius 3 is 1.78 bits per heavy atom. The first-order chi connectivity index (χ1) is 28.3. The van der Waals surface area contributed by atoms with Gasteiger partial charge in [0.05, 0.1) is 12.5 Å². The molecule has 0 amide bonds. The Morgan fingerprint density at radius 1 is 0.667 bits per heavy atom. The molecular weight excluding hydrogens is 796 g/mol. The lowest BCUT2D eigenvalue weighted by Gasteiger charge is -2.49. The number of carboxylic acid groups (broad SMARTS) is 1. The maximum absolute atomic E-state index is 12.9. The summed E-state index contributed by atoms with van der Waals surface area (Å²) in [5.41, 5.74) is 1.06. The van der Waals surface area contributed by atoms with Gasteiger partial charge < -0.3 is 52.8 Å². The number of ketones is 2. The van der Waals surface area contributed by atoms with Gasteiger partial charge in [-0.05, 0) is 42.8 Å². The first-order valence-corrected chi connectivity index (χ1v) is 18.6. The van der Waals surface area contributed by atoms with E-state index in [0.717, 1.165) is 47.1 Å². The van der Waals surface area contributed by atoms with Crippen molar-refractivity contribution in [2.45, 2.75) is 109 Å². The number of esters is 5. The van der Waals surface area contributed by atoms with Gasteiger partial charge in [-0.2, -0.15) is 0 Å². The summed E-state index contributed by atoms with van der Waals surface area (Å²) in [7, 11) is 0. The molecule has 2 aliphatic rings. The Hall–Kier alpha value is -6.02. The normalized spacial score (nSPS) is 26.8. The molecule has 0 radical (unpaired) electrons. The second-order valence-corrected chi connectivity index (χ2v) is 13.8. The minimum Gasteiger partial charge on any atom is -0.481 e. The van der Waals surface area contributed by atoms with E-state index in [4.69, 9.17) is 42.6 Å². The third-order valence-electron chi connectivity index (χ3n) is 9.02. The number of aliphatic hydroxyl groups is 1. The number of Topliss-reactive ketones (excluding diaryl/α,β-unsaturated/α-hetero) is 1. The van der Waals surface area contributed by atoms with Gasteiger partial charge in [0.2, 0.25) is 6.29 Å². The number of ether oxygens (including phenoxy) is 9. The SMILES string of the molecule is CC(=O)OC[C@@H]1O[C@H](O[C@@H]2[C@@H](CC(=O)O)[C@@H](OC(C)=O)[C@@H](Oc3ccc(C(=O)/C=C/c4ccccc4)cc3)O[C@H]2C(O)C(C)=O)[C@@H](OC(C)=O)[C@H](OC(C)=O)[C@H]1OC(C)=O. The molecule has 19 heteroatoms. The molecule has 2 saturated heterocycles. The Labute approximate surface area is 343 Å². The third kappa shape index (κ3) is 13.0. The van der Waals surface area contributed by atoms with Gasteiger partial charge in [0.1, 0.15) is 30.7 Å². The van der Waals surface area contributed by atoms with Gasteiger partial charge in [-0.25, -0.2) is 0 Å². The van der Waals surface area contributed by atoms with E-state index >= 15 is 0 Å². The first kappa shape index (κ1) is 46.7.